The van der Waals surface area contributed by atoms with Gasteiger partial charge in [-0.3, -0.25) is 0 Å². The highest BCUT2D eigenvalue weighted by molar-refractivity contribution is 5.82. The molecule has 0 N–H and O–H groups in total. The van der Waals surface area contributed by atoms with Crippen molar-refractivity contribution in [3.8, 4) is 0 Å². The topological polar surface area (TPSA) is 25.3 Å². The molecule has 1 heterocycles. The number of benzene rings is 2. The Kier molecular flexibility index (Phi) is 39.8. The van der Waals surface area contributed by atoms with Crippen LogP contribution < -0.4 is 0 Å². The minimum absolute atomic E-state index is 1.03. The lowest BCUT2D eigenvalue weighted by atomic mass is 9.91. The first kappa shape index (κ1) is 62.8. The number of rotatable bonds is 51. The molecule has 0 bridgehead atoms. The minimum Gasteiger partial charge on any atom is -0.493 e. The van der Waals surface area contributed by atoms with Gasteiger partial charge in [0, 0.05) is 22.3 Å². The van der Waals surface area contributed by atoms with Gasteiger partial charge in [-0.15, -0.1) is 0 Å². The summed E-state index contributed by atoms with van der Waals surface area (Å²) in [6.07, 6.45) is 67.1. The second-order valence-electron chi connectivity index (χ2n) is 22.9. The molecule has 0 aliphatic carbocycles. The van der Waals surface area contributed by atoms with Crippen LogP contribution in [-0.4, -0.2) is 4.70 Å². The molecule has 1 aliphatic heterocycles. The lowest BCUT2D eigenvalue weighted by Crippen LogP contribution is -2.03. The maximum atomic E-state index is 12.4. The number of hydrogen-bond acceptors (Lipinski definition) is 0. The molecule has 0 radical (unpaired) electrons. The monoisotopic (exact) mass is 975 g/mol. The highest BCUT2D eigenvalue weighted by Crippen LogP contribution is 2.45. The van der Waals surface area contributed by atoms with Gasteiger partial charge in [0.15, 0.2) is 0 Å². The van der Waals surface area contributed by atoms with Crippen LogP contribution in [0.3, 0.4) is 0 Å². The predicted octanol–water partition coefficient (Wildman–Crippen LogP) is 24.4. The summed E-state index contributed by atoms with van der Waals surface area (Å²) in [6.45, 7) is 9.21. The van der Waals surface area contributed by atoms with Crippen molar-refractivity contribution in [3.63, 3.8) is 0 Å². The Bertz CT molecular complexity index is 1630. The summed E-state index contributed by atoms with van der Waals surface area (Å²) in [5.74, 6) is 0. The average Bonchev–Trinajstić information content (AvgIpc) is 3.67. The molecule has 0 atom stereocenters. The maximum absolute atomic E-state index is 12.4. The van der Waals surface area contributed by atoms with Gasteiger partial charge in [-0.1, -0.05) is 315 Å². The molecule has 0 amide bonds. The van der Waals surface area contributed by atoms with Crippen molar-refractivity contribution in [2.45, 2.75) is 342 Å². The Morgan fingerprint density at radius 2 is 0.493 bits per heavy atom. The van der Waals surface area contributed by atoms with Crippen LogP contribution in [0.4, 0.5) is 0 Å². The number of hydrogen-bond donors (Lipinski definition) is 0. The van der Waals surface area contributed by atoms with Gasteiger partial charge in [-0.25, -0.2) is 4.70 Å². The number of unbranched alkanes of at least 4 members (excludes halogenated alkanes) is 41. The molecule has 2 heteroatoms. The van der Waals surface area contributed by atoms with Crippen LogP contribution in [0.2, 0.25) is 0 Å². The zero-order valence-corrected chi connectivity index (χ0v) is 48.2. The van der Waals surface area contributed by atoms with Crippen LogP contribution in [-0.2, 0) is 12.8 Å². The van der Waals surface area contributed by atoms with Crippen LogP contribution in [0, 0.1) is 0 Å². The molecule has 1 aliphatic rings. The Morgan fingerprint density at radius 1 is 0.268 bits per heavy atom. The van der Waals surface area contributed by atoms with Crippen molar-refractivity contribution in [1.82, 2.24) is 0 Å². The maximum Gasteiger partial charge on any atom is 0.211 e. The summed E-state index contributed by atoms with van der Waals surface area (Å²) >= 11 is 0. The van der Waals surface area contributed by atoms with E-state index in [1.54, 1.807) is 4.70 Å². The largest absolute Gasteiger partial charge is 0.493 e. The molecule has 0 aromatic heterocycles. The van der Waals surface area contributed by atoms with Gasteiger partial charge >= 0.3 is 0 Å². The average molecular weight is 976 g/mol. The highest BCUT2D eigenvalue weighted by atomic mass is 15.2. The van der Waals surface area contributed by atoms with Gasteiger partial charge in [0.25, 0.3) is 0 Å². The van der Waals surface area contributed by atoms with Gasteiger partial charge in [-0.05, 0) is 86.8 Å². The summed E-state index contributed by atoms with van der Waals surface area (Å²) in [7, 11) is 0. The van der Waals surface area contributed by atoms with Crippen molar-refractivity contribution < 1.29 is 4.70 Å². The molecule has 71 heavy (non-hydrogen) atoms. The summed E-state index contributed by atoms with van der Waals surface area (Å²) < 4.78 is 1.63. The quantitative estimate of drug-likeness (QED) is 0.0466. The van der Waals surface area contributed by atoms with Crippen molar-refractivity contribution >= 4 is 11.4 Å². The molecule has 0 fully saturated rings. The first-order valence-electron chi connectivity index (χ1n) is 32.3. The van der Waals surface area contributed by atoms with Gasteiger partial charge < -0.3 is 5.53 Å². The van der Waals surface area contributed by atoms with Crippen LogP contribution in [0.15, 0.2) is 59.7 Å². The van der Waals surface area contributed by atoms with Crippen LogP contribution in [0.5, 0.6) is 0 Å². The normalized spacial score (nSPS) is 12.9. The molecule has 0 saturated carbocycles. The lowest BCUT2D eigenvalue weighted by Gasteiger charge is -2.12. The molecule has 404 valence electrons. The van der Waals surface area contributed by atoms with E-state index in [2.05, 4.69) is 76.2 Å². The van der Waals surface area contributed by atoms with Crippen molar-refractivity contribution in [2.75, 3.05) is 0 Å². The first-order chi connectivity index (χ1) is 35.1. The SMILES string of the molecule is CCCCCCCCCCCCCCCCCCCCCCCCCCc1cccc(C2=C(CCCC)C(CCCCCCCCCCCCCCCCCCC)=C(c3cccc(CCCC)c3)[N+]2=[N-])c1. The smallest absolute Gasteiger partial charge is 0.211 e. The van der Waals surface area contributed by atoms with E-state index in [9.17, 15) is 5.53 Å². The Labute approximate surface area is 443 Å². The molecule has 2 nitrogen and oxygen atoms in total. The number of allylic oxidation sites excluding steroid dienone is 2. The van der Waals surface area contributed by atoms with E-state index in [-0.39, 0.29) is 0 Å². The second-order valence-corrected chi connectivity index (χ2v) is 22.9. The van der Waals surface area contributed by atoms with Crippen molar-refractivity contribution in [3.05, 3.63) is 87.5 Å². The number of aryl methyl sites for hydroxylation is 2. The first-order valence-corrected chi connectivity index (χ1v) is 32.3. The van der Waals surface area contributed by atoms with E-state index in [0.29, 0.717) is 0 Å². The summed E-state index contributed by atoms with van der Waals surface area (Å²) in [5, 5.41) is 0. The van der Waals surface area contributed by atoms with E-state index in [1.165, 1.54) is 309 Å². The molecular weight excluding hydrogens is 857 g/mol. The van der Waals surface area contributed by atoms with E-state index < -0.39 is 0 Å². The van der Waals surface area contributed by atoms with Gasteiger partial charge in [0.2, 0.25) is 11.4 Å². The molecule has 3 rings (SSSR count). The Balaban J connectivity index is 1.39. The van der Waals surface area contributed by atoms with E-state index in [1.807, 2.05) is 0 Å². The fourth-order valence-corrected chi connectivity index (χ4v) is 11.6. The third-order valence-electron chi connectivity index (χ3n) is 16.2. The molecule has 0 saturated heterocycles. The van der Waals surface area contributed by atoms with Crippen LogP contribution in [0.1, 0.15) is 352 Å². The summed E-state index contributed by atoms with van der Waals surface area (Å²) in [6, 6.07) is 18.4. The van der Waals surface area contributed by atoms with E-state index in [4.69, 9.17) is 0 Å². The predicted molar refractivity (Wildman–Crippen MR) is 317 cm³/mol. The van der Waals surface area contributed by atoms with Gasteiger partial charge in [-0.2, -0.15) is 0 Å². The fraction of sp³-hybridized carbons (Fsp3) is 0.768. The molecule has 2 aromatic rings. The van der Waals surface area contributed by atoms with Gasteiger partial charge in [0.1, 0.15) is 0 Å². The Morgan fingerprint density at radius 3 is 0.789 bits per heavy atom. The van der Waals surface area contributed by atoms with Gasteiger partial charge in [0.05, 0.1) is 0 Å². The fourth-order valence-electron chi connectivity index (χ4n) is 11.6. The second kappa shape index (κ2) is 45.0. The lowest BCUT2D eigenvalue weighted by molar-refractivity contribution is -0.345. The van der Waals surface area contributed by atoms with Crippen molar-refractivity contribution in [1.29, 1.82) is 0 Å². The minimum atomic E-state index is 1.03. The molecule has 0 unspecified atom stereocenters. The zero-order valence-electron chi connectivity index (χ0n) is 48.2. The standard InChI is InChI=1S/C69H118N2/c1-5-9-13-15-17-19-21-23-25-27-28-29-30-31-32-33-35-36-38-40-42-44-46-48-53-63-55-51-57-65(61-63)68-66(58-12-8-4)67(69(71(68)70)64-56-50-54-62(60-64)52-11-7-3)59-49-47-45-43-41-39-37-34-26-24-22-20-18-16-14-10-6-2/h50-51,54-57,60-61H,5-49,52-53,58-59H2,1-4H3. The van der Waals surface area contributed by atoms with Crippen LogP contribution in [0.25, 0.3) is 16.9 Å². The summed E-state index contributed by atoms with van der Waals surface area (Å²) in [5.41, 5.74) is 22.5. The third kappa shape index (κ3) is 29.9. The van der Waals surface area contributed by atoms with E-state index >= 15 is 0 Å². The van der Waals surface area contributed by atoms with Crippen LogP contribution >= 0.6 is 0 Å². The zero-order chi connectivity index (χ0) is 50.5. The summed E-state index contributed by atoms with van der Waals surface area (Å²) in [4.78, 5) is 0. The Hall–Kier alpha value is -2.48. The highest BCUT2D eigenvalue weighted by Gasteiger charge is 2.35. The molecule has 2 aromatic carbocycles. The number of nitrogens with zero attached hydrogens (tertiary/aromatic N) is 2. The molecule has 0 spiro atoms. The third-order valence-corrected chi connectivity index (χ3v) is 16.2. The van der Waals surface area contributed by atoms with E-state index in [0.717, 1.165) is 49.9 Å². The molecular formula is C69H118N2. The van der Waals surface area contributed by atoms with Crippen molar-refractivity contribution in [2.24, 2.45) is 0 Å².